The number of nitrogens with one attached hydrogen (secondary N) is 1. The van der Waals surface area contributed by atoms with Crippen LogP contribution in [0, 0.1) is 0 Å². The predicted molar refractivity (Wildman–Crippen MR) is 119 cm³/mol. The fraction of sp³-hybridized carbons (Fsp3) is 0.391. The molecule has 2 aliphatic rings. The number of hydrogen-bond acceptors (Lipinski definition) is 5. The van der Waals surface area contributed by atoms with Crippen LogP contribution in [0.2, 0.25) is 0 Å². The van der Waals surface area contributed by atoms with Crippen molar-refractivity contribution < 1.29 is 18.8 Å². The van der Waals surface area contributed by atoms with E-state index in [9.17, 15) is 14.4 Å². The van der Waals surface area contributed by atoms with Gasteiger partial charge >= 0.3 is 0 Å². The van der Waals surface area contributed by atoms with Gasteiger partial charge in [0.05, 0.1) is 17.4 Å². The van der Waals surface area contributed by atoms with Gasteiger partial charge in [0, 0.05) is 46.3 Å². The molecule has 2 aliphatic heterocycles. The zero-order valence-electron chi connectivity index (χ0n) is 18.1. The molecule has 0 radical (unpaired) electrons. The van der Waals surface area contributed by atoms with Gasteiger partial charge in [-0.1, -0.05) is 12.1 Å². The van der Waals surface area contributed by atoms with E-state index >= 15 is 0 Å². The molecule has 0 bridgehead atoms. The predicted octanol–water partition coefficient (Wildman–Crippen LogP) is 1.69. The SMILES string of the molecule is CN=C(NCCCCN1C(=O)c2ccccc2C1=O)N1CCN(C(=O)c2ccco2)CC1. The number of amides is 3. The smallest absolute Gasteiger partial charge is 0.289 e. The summed E-state index contributed by atoms with van der Waals surface area (Å²) in [6.07, 6.45) is 3.01. The van der Waals surface area contributed by atoms with Crippen LogP contribution in [-0.2, 0) is 0 Å². The quantitative estimate of drug-likeness (QED) is 0.320. The number of aliphatic imine (C=N–C) groups is 1. The van der Waals surface area contributed by atoms with E-state index in [4.69, 9.17) is 4.42 Å². The minimum Gasteiger partial charge on any atom is -0.459 e. The van der Waals surface area contributed by atoms with E-state index in [2.05, 4.69) is 15.2 Å². The second-order valence-electron chi connectivity index (χ2n) is 7.75. The maximum absolute atomic E-state index is 12.4. The number of furan rings is 1. The van der Waals surface area contributed by atoms with Gasteiger partial charge in [0.1, 0.15) is 0 Å². The molecule has 1 aromatic carbocycles. The molecule has 0 unspecified atom stereocenters. The minimum absolute atomic E-state index is 0.0919. The number of imide groups is 1. The first-order valence-electron chi connectivity index (χ1n) is 10.8. The fourth-order valence-electron chi connectivity index (χ4n) is 4.05. The van der Waals surface area contributed by atoms with Crippen LogP contribution in [0.25, 0.3) is 0 Å². The van der Waals surface area contributed by atoms with Gasteiger partial charge < -0.3 is 19.5 Å². The van der Waals surface area contributed by atoms with Crippen LogP contribution in [0.15, 0.2) is 52.1 Å². The van der Waals surface area contributed by atoms with Gasteiger partial charge in [0.15, 0.2) is 11.7 Å². The van der Waals surface area contributed by atoms with Crippen molar-refractivity contribution in [1.29, 1.82) is 0 Å². The number of unbranched alkanes of at least 4 members (excludes halogenated alkanes) is 1. The summed E-state index contributed by atoms with van der Waals surface area (Å²) >= 11 is 0. The molecule has 1 fully saturated rings. The Morgan fingerprint density at radius 2 is 1.62 bits per heavy atom. The van der Waals surface area contributed by atoms with E-state index in [1.807, 2.05) is 0 Å². The topological polar surface area (TPSA) is 98.5 Å². The zero-order valence-corrected chi connectivity index (χ0v) is 18.1. The number of hydrogen-bond donors (Lipinski definition) is 1. The van der Waals surface area contributed by atoms with Crippen molar-refractivity contribution in [3.05, 3.63) is 59.5 Å². The summed E-state index contributed by atoms with van der Waals surface area (Å²) in [5.74, 6) is 0.633. The van der Waals surface area contributed by atoms with Crippen LogP contribution >= 0.6 is 0 Å². The van der Waals surface area contributed by atoms with E-state index < -0.39 is 0 Å². The van der Waals surface area contributed by atoms with Crippen LogP contribution in [-0.4, -0.2) is 84.7 Å². The minimum atomic E-state index is -0.212. The molecule has 0 spiro atoms. The highest BCUT2D eigenvalue weighted by Gasteiger charge is 2.34. The third-order valence-corrected chi connectivity index (χ3v) is 5.78. The van der Waals surface area contributed by atoms with E-state index in [0.717, 1.165) is 12.4 Å². The second kappa shape index (κ2) is 9.67. The van der Waals surface area contributed by atoms with Crippen molar-refractivity contribution >= 4 is 23.7 Å². The fourth-order valence-corrected chi connectivity index (χ4v) is 4.05. The van der Waals surface area contributed by atoms with Crippen LogP contribution in [0.1, 0.15) is 44.1 Å². The van der Waals surface area contributed by atoms with Crippen LogP contribution < -0.4 is 5.32 Å². The van der Waals surface area contributed by atoms with Gasteiger partial charge in [0.2, 0.25) is 0 Å². The van der Waals surface area contributed by atoms with Gasteiger partial charge in [-0.15, -0.1) is 0 Å². The van der Waals surface area contributed by atoms with E-state index in [-0.39, 0.29) is 17.7 Å². The Kier molecular flexibility index (Phi) is 6.53. The molecule has 4 rings (SSSR count). The third kappa shape index (κ3) is 4.37. The first kappa shape index (κ1) is 21.6. The maximum Gasteiger partial charge on any atom is 0.289 e. The van der Waals surface area contributed by atoms with Crippen molar-refractivity contribution in [3.63, 3.8) is 0 Å². The van der Waals surface area contributed by atoms with E-state index in [0.29, 0.717) is 62.6 Å². The number of fused-ring (bicyclic) bond motifs is 1. The molecule has 9 heteroatoms. The lowest BCUT2D eigenvalue weighted by Crippen LogP contribution is -2.53. The van der Waals surface area contributed by atoms with E-state index in [1.54, 1.807) is 48.3 Å². The number of rotatable bonds is 6. The molecule has 0 saturated carbocycles. The molecule has 1 aromatic heterocycles. The Balaban J connectivity index is 1.18. The zero-order chi connectivity index (χ0) is 22.5. The van der Waals surface area contributed by atoms with E-state index in [1.165, 1.54) is 11.2 Å². The normalized spacial score (nSPS) is 16.5. The van der Waals surface area contributed by atoms with Gasteiger partial charge in [-0.25, -0.2) is 0 Å². The summed E-state index contributed by atoms with van der Waals surface area (Å²) in [5, 5.41) is 3.34. The number of piperazine rings is 1. The Morgan fingerprint density at radius 1 is 0.969 bits per heavy atom. The lowest BCUT2D eigenvalue weighted by atomic mass is 10.1. The number of benzene rings is 1. The summed E-state index contributed by atoms with van der Waals surface area (Å²) < 4.78 is 5.20. The number of guanidine groups is 1. The maximum atomic E-state index is 12.4. The molecule has 0 atom stereocenters. The molecule has 3 amide bonds. The molecular formula is C23H27N5O4. The van der Waals surface area contributed by atoms with Gasteiger partial charge in [-0.3, -0.25) is 24.3 Å². The highest BCUT2D eigenvalue weighted by Crippen LogP contribution is 2.22. The number of carbonyl (C=O) groups is 3. The Labute approximate surface area is 186 Å². The molecule has 2 aromatic rings. The molecule has 1 N–H and O–H groups in total. The van der Waals surface area contributed by atoms with Crippen LogP contribution in [0.4, 0.5) is 0 Å². The lowest BCUT2D eigenvalue weighted by Gasteiger charge is -2.36. The number of nitrogens with zero attached hydrogens (tertiary/aromatic N) is 4. The lowest BCUT2D eigenvalue weighted by molar-refractivity contribution is 0.0646. The highest BCUT2D eigenvalue weighted by molar-refractivity contribution is 6.21. The van der Waals surface area contributed by atoms with Crippen molar-refractivity contribution in [2.24, 2.45) is 4.99 Å². The van der Waals surface area contributed by atoms with Crippen molar-refractivity contribution in [3.8, 4) is 0 Å². The molecule has 32 heavy (non-hydrogen) atoms. The van der Waals surface area contributed by atoms with Crippen LogP contribution in [0.3, 0.4) is 0 Å². The summed E-state index contributed by atoms with van der Waals surface area (Å²) in [6.45, 7) is 3.64. The van der Waals surface area contributed by atoms with Gasteiger partial charge in [-0.05, 0) is 37.1 Å². The molecule has 1 saturated heterocycles. The molecule has 0 aliphatic carbocycles. The largest absolute Gasteiger partial charge is 0.459 e. The average molecular weight is 438 g/mol. The van der Waals surface area contributed by atoms with Gasteiger partial charge in [0.25, 0.3) is 17.7 Å². The molecule has 3 heterocycles. The summed E-state index contributed by atoms with van der Waals surface area (Å²) in [6, 6.07) is 10.3. The third-order valence-electron chi connectivity index (χ3n) is 5.78. The second-order valence-corrected chi connectivity index (χ2v) is 7.75. The first-order valence-corrected chi connectivity index (χ1v) is 10.8. The first-order chi connectivity index (χ1) is 15.6. The Hall–Kier alpha value is -3.62. The summed E-state index contributed by atoms with van der Waals surface area (Å²) in [4.78, 5) is 46.8. The van der Waals surface area contributed by atoms with Crippen molar-refractivity contribution in [1.82, 2.24) is 20.0 Å². The van der Waals surface area contributed by atoms with Gasteiger partial charge in [-0.2, -0.15) is 0 Å². The monoisotopic (exact) mass is 437 g/mol. The Bertz CT molecular complexity index is 974. The van der Waals surface area contributed by atoms with Crippen molar-refractivity contribution in [2.75, 3.05) is 46.3 Å². The standard InChI is InChI=1S/C23H27N5O4/c1-24-23(27-14-12-26(13-15-27)22(31)19-9-6-16-32-19)25-10-4-5-11-28-20(29)17-7-2-3-8-18(17)21(28)30/h2-3,6-9,16H,4-5,10-15H2,1H3,(H,24,25). The van der Waals surface area contributed by atoms with Crippen LogP contribution in [0.5, 0.6) is 0 Å². The Morgan fingerprint density at radius 3 is 2.22 bits per heavy atom. The van der Waals surface area contributed by atoms with Crippen molar-refractivity contribution in [2.45, 2.75) is 12.8 Å². The highest BCUT2D eigenvalue weighted by atomic mass is 16.3. The average Bonchev–Trinajstić information content (AvgIpc) is 3.45. The summed E-state index contributed by atoms with van der Waals surface area (Å²) in [5.41, 5.74) is 0.974. The summed E-state index contributed by atoms with van der Waals surface area (Å²) in [7, 11) is 1.74. The molecule has 168 valence electrons. The number of carbonyl (C=O) groups excluding carboxylic acids is 3. The molecule has 9 nitrogen and oxygen atoms in total. The molecular weight excluding hydrogens is 410 g/mol.